The highest BCUT2D eigenvalue weighted by Gasteiger charge is 2.33. The molecular weight excluding hydrogens is 485 g/mol. The summed E-state index contributed by atoms with van der Waals surface area (Å²) < 4.78 is 44.4. The lowest BCUT2D eigenvalue weighted by Crippen LogP contribution is -2.36. The fourth-order valence-electron chi connectivity index (χ4n) is 3.86. The van der Waals surface area contributed by atoms with Crippen LogP contribution in [0.25, 0.3) is 11.1 Å². The van der Waals surface area contributed by atoms with Crippen LogP contribution >= 0.6 is 0 Å². The van der Waals surface area contributed by atoms with Crippen LogP contribution in [0.2, 0.25) is 0 Å². The summed E-state index contributed by atoms with van der Waals surface area (Å²) >= 11 is 0. The van der Waals surface area contributed by atoms with Crippen molar-refractivity contribution in [1.82, 2.24) is 9.97 Å². The first kappa shape index (κ1) is 26.1. The molecule has 1 fully saturated rings. The Morgan fingerprint density at radius 2 is 1.92 bits per heavy atom. The molecule has 1 aliphatic heterocycles. The number of morpholine rings is 1. The number of aromatic nitrogens is 2. The molecule has 10 heteroatoms. The number of anilines is 2. The van der Waals surface area contributed by atoms with Crippen LogP contribution in [0, 0.1) is 18.8 Å². The molecule has 1 saturated heterocycles. The number of ether oxygens (including phenoxy) is 1. The lowest BCUT2D eigenvalue weighted by molar-refractivity contribution is -0.141. The van der Waals surface area contributed by atoms with Gasteiger partial charge in [0.15, 0.2) is 0 Å². The van der Waals surface area contributed by atoms with E-state index in [1.165, 1.54) is 6.07 Å². The third kappa shape index (κ3) is 6.44. The minimum atomic E-state index is -4.65. The Hall–Kier alpha value is -3.94. The molecule has 0 aliphatic carbocycles. The van der Waals surface area contributed by atoms with E-state index in [0.717, 1.165) is 34.6 Å². The molecule has 0 bridgehead atoms. The van der Waals surface area contributed by atoms with Crippen LogP contribution < -0.4 is 10.2 Å². The zero-order chi connectivity index (χ0) is 26.6. The summed E-state index contributed by atoms with van der Waals surface area (Å²) in [5.74, 6) is 4.99. The Bertz CT molecular complexity index is 1360. The molecule has 0 saturated carbocycles. The van der Waals surface area contributed by atoms with Gasteiger partial charge in [0.05, 0.1) is 18.9 Å². The topological polar surface area (TPSA) is 87.6 Å². The van der Waals surface area contributed by atoms with E-state index >= 15 is 0 Å². The zero-order valence-electron chi connectivity index (χ0n) is 20.3. The van der Waals surface area contributed by atoms with Crippen molar-refractivity contribution in [3.05, 3.63) is 71.3 Å². The average Bonchev–Trinajstić information content (AvgIpc) is 2.88. The number of aryl methyl sites for hydroxylation is 1. The summed E-state index contributed by atoms with van der Waals surface area (Å²) in [7, 11) is 0. The molecule has 3 aromatic rings. The molecule has 7 nitrogen and oxygen atoms in total. The van der Waals surface area contributed by atoms with Gasteiger partial charge in [-0.2, -0.15) is 13.2 Å². The van der Waals surface area contributed by atoms with Crippen LogP contribution in [0.4, 0.5) is 24.5 Å². The number of halogens is 3. The smallest absolute Gasteiger partial charge is 0.381 e. The fraction of sp³-hybridized carbons (Fsp3) is 0.296. The van der Waals surface area contributed by atoms with Gasteiger partial charge in [0.2, 0.25) is 0 Å². The molecule has 0 spiro atoms. The number of aliphatic hydroxyl groups excluding tert-OH is 1. The van der Waals surface area contributed by atoms with Gasteiger partial charge in [0.25, 0.3) is 5.91 Å². The Kier molecular flexibility index (Phi) is 7.76. The van der Waals surface area contributed by atoms with Gasteiger partial charge in [-0.3, -0.25) is 9.78 Å². The molecule has 2 N–H and O–H groups in total. The van der Waals surface area contributed by atoms with E-state index in [4.69, 9.17) is 4.74 Å². The second-order valence-corrected chi connectivity index (χ2v) is 8.55. The van der Waals surface area contributed by atoms with Crippen molar-refractivity contribution in [2.75, 3.05) is 36.5 Å². The van der Waals surface area contributed by atoms with Gasteiger partial charge in [-0.15, -0.1) is 0 Å². The number of aliphatic hydroxyl groups is 1. The summed E-state index contributed by atoms with van der Waals surface area (Å²) in [6.07, 6.45) is -2.82. The molecule has 3 heterocycles. The van der Waals surface area contributed by atoms with Crippen molar-refractivity contribution in [3.8, 4) is 23.0 Å². The summed E-state index contributed by atoms with van der Waals surface area (Å²) in [5.41, 5.74) is 2.96. The van der Waals surface area contributed by atoms with Gasteiger partial charge in [0, 0.05) is 42.3 Å². The summed E-state index contributed by atoms with van der Waals surface area (Å²) in [5, 5.41) is 12.3. The second kappa shape index (κ2) is 11.0. The normalized spacial score (nSPS) is 14.5. The summed E-state index contributed by atoms with van der Waals surface area (Å²) in [4.78, 5) is 22.6. The molecule has 1 aromatic carbocycles. The van der Waals surface area contributed by atoms with Crippen LogP contribution in [-0.2, 0) is 10.9 Å². The third-order valence-electron chi connectivity index (χ3n) is 5.74. The van der Waals surface area contributed by atoms with Gasteiger partial charge in [-0.1, -0.05) is 12.0 Å². The monoisotopic (exact) mass is 510 g/mol. The third-order valence-corrected chi connectivity index (χ3v) is 5.74. The number of rotatable bonds is 4. The summed E-state index contributed by atoms with van der Waals surface area (Å²) in [6.45, 7) is 5.95. The van der Waals surface area contributed by atoms with E-state index in [-0.39, 0.29) is 5.56 Å². The predicted octanol–water partition coefficient (Wildman–Crippen LogP) is 4.29. The molecule has 1 amide bonds. The van der Waals surface area contributed by atoms with Crippen LogP contribution in [0.3, 0.4) is 0 Å². The van der Waals surface area contributed by atoms with Crippen LogP contribution in [0.15, 0.2) is 48.8 Å². The lowest BCUT2D eigenvalue weighted by atomic mass is 10.00. The Balaban J connectivity index is 1.66. The number of nitrogens with zero attached hydrogens (tertiary/aromatic N) is 3. The highest BCUT2D eigenvalue weighted by Crippen LogP contribution is 2.32. The quantitative estimate of drug-likeness (QED) is 0.510. The van der Waals surface area contributed by atoms with Gasteiger partial charge in [-0.05, 0) is 61.2 Å². The van der Waals surface area contributed by atoms with Gasteiger partial charge in [-0.25, -0.2) is 4.98 Å². The maximum atomic E-state index is 13.0. The van der Waals surface area contributed by atoms with Gasteiger partial charge in [0.1, 0.15) is 17.5 Å². The number of hydrogen-bond donors (Lipinski definition) is 2. The maximum absolute atomic E-state index is 13.0. The fourth-order valence-corrected chi connectivity index (χ4v) is 3.86. The summed E-state index contributed by atoms with van der Waals surface area (Å²) in [6, 6.07) is 9.15. The first-order valence-corrected chi connectivity index (χ1v) is 11.6. The van der Waals surface area contributed by atoms with Crippen molar-refractivity contribution in [2.45, 2.75) is 26.1 Å². The first-order valence-electron chi connectivity index (χ1n) is 11.6. The molecule has 192 valence electrons. The lowest BCUT2D eigenvalue weighted by Gasteiger charge is -2.29. The number of alkyl halides is 3. The molecule has 0 unspecified atom stereocenters. The molecule has 4 rings (SSSR count). The van der Waals surface area contributed by atoms with Crippen molar-refractivity contribution in [1.29, 1.82) is 0 Å². The van der Waals surface area contributed by atoms with E-state index < -0.39 is 23.9 Å². The maximum Gasteiger partial charge on any atom is 0.433 e. The minimum Gasteiger partial charge on any atom is -0.381 e. The second-order valence-electron chi connectivity index (χ2n) is 8.55. The number of carbonyl (C=O) groups is 1. The number of hydrogen-bond acceptors (Lipinski definition) is 6. The SMILES string of the molecule is Cc1ccc(NC(=O)c2ccnc(C(F)(F)F)c2)cc1-c1cnc(C#C[C@@H](C)O)c(N2CCOCC2)c1. The number of carbonyl (C=O) groups excluding carboxylic acids is 1. The van der Waals surface area contributed by atoms with Crippen molar-refractivity contribution < 1.29 is 27.8 Å². The zero-order valence-corrected chi connectivity index (χ0v) is 20.3. The average molecular weight is 511 g/mol. The minimum absolute atomic E-state index is 0.151. The molecule has 1 atom stereocenters. The van der Waals surface area contributed by atoms with E-state index in [9.17, 15) is 23.1 Å². The number of nitrogens with one attached hydrogen (secondary N) is 1. The van der Waals surface area contributed by atoms with Crippen LogP contribution in [0.5, 0.6) is 0 Å². The van der Waals surface area contributed by atoms with Gasteiger partial charge >= 0.3 is 6.18 Å². The Morgan fingerprint density at radius 3 is 2.62 bits per heavy atom. The van der Waals surface area contributed by atoms with Crippen molar-refractivity contribution in [2.24, 2.45) is 0 Å². The molecule has 37 heavy (non-hydrogen) atoms. The Morgan fingerprint density at radius 1 is 1.16 bits per heavy atom. The number of pyridine rings is 2. The molecule has 1 aliphatic rings. The predicted molar refractivity (Wildman–Crippen MR) is 133 cm³/mol. The Labute approximate surface area is 212 Å². The van der Waals surface area contributed by atoms with Crippen molar-refractivity contribution in [3.63, 3.8) is 0 Å². The van der Waals surface area contributed by atoms with E-state index in [2.05, 4.69) is 32.0 Å². The van der Waals surface area contributed by atoms with Gasteiger partial charge < -0.3 is 20.1 Å². The standard InChI is InChI=1S/C27H25F3N4O3/c1-17-3-5-21(33-26(36)19-7-8-31-25(14-19)27(28,29)30)15-22(17)20-13-24(34-9-11-37-12-10-34)23(32-16-20)6-4-18(2)35/h3,5,7-8,13-16,18,35H,9-12H2,1-2H3,(H,33,36)/t18-/m1/s1. The molecular formula is C27H25F3N4O3. The van der Waals surface area contributed by atoms with Crippen LogP contribution in [0.1, 0.15) is 34.2 Å². The first-order chi connectivity index (χ1) is 17.6. The van der Waals surface area contributed by atoms with Crippen LogP contribution in [-0.4, -0.2) is 53.4 Å². The van der Waals surface area contributed by atoms with Crippen molar-refractivity contribution >= 4 is 17.3 Å². The van der Waals surface area contributed by atoms with E-state index in [1.807, 2.05) is 19.1 Å². The molecule has 2 aromatic heterocycles. The molecule has 0 radical (unpaired) electrons. The highest BCUT2D eigenvalue weighted by atomic mass is 19.4. The number of benzene rings is 1. The highest BCUT2D eigenvalue weighted by molar-refractivity contribution is 6.04. The van der Waals surface area contributed by atoms with E-state index in [1.54, 1.807) is 25.3 Å². The van der Waals surface area contributed by atoms with E-state index in [0.29, 0.717) is 37.7 Å². The number of amides is 1. The largest absolute Gasteiger partial charge is 0.433 e.